The number of anilines is 1. The molecule has 0 aromatic carbocycles. The zero-order valence-electron chi connectivity index (χ0n) is 10.7. The first-order chi connectivity index (χ1) is 8.57. The lowest BCUT2D eigenvalue weighted by molar-refractivity contribution is 0.0934. The van der Waals surface area contributed by atoms with Crippen LogP contribution in [0.15, 0.2) is 12.4 Å². The molecule has 6 nitrogen and oxygen atoms in total. The highest BCUT2D eigenvalue weighted by molar-refractivity contribution is 5.92. The van der Waals surface area contributed by atoms with E-state index in [-0.39, 0.29) is 5.91 Å². The molecule has 0 spiro atoms. The Labute approximate surface area is 106 Å². The normalized spacial score (nSPS) is 16.4. The summed E-state index contributed by atoms with van der Waals surface area (Å²) in [6.07, 6.45) is 5.23. The van der Waals surface area contributed by atoms with Crippen molar-refractivity contribution in [2.45, 2.75) is 26.7 Å². The Kier molecular flexibility index (Phi) is 3.47. The predicted molar refractivity (Wildman–Crippen MR) is 68.7 cm³/mol. The van der Waals surface area contributed by atoms with Gasteiger partial charge in [0.25, 0.3) is 5.91 Å². The lowest BCUT2D eigenvalue weighted by Gasteiger charge is -2.19. The Morgan fingerprint density at radius 2 is 2.17 bits per heavy atom. The Morgan fingerprint density at radius 1 is 1.44 bits per heavy atom. The van der Waals surface area contributed by atoms with Crippen molar-refractivity contribution in [3.8, 4) is 0 Å². The Balaban J connectivity index is 1.91. The van der Waals surface area contributed by atoms with Gasteiger partial charge in [0.15, 0.2) is 5.82 Å². The number of hydrogen-bond donors (Lipinski definition) is 3. The summed E-state index contributed by atoms with van der Waals surface area (Å²) in [6.45, 7) is 5.10. The maximum Gasteiger partial charge on any atom is 0.271 e. The minimum atomic E-state index is -0.182. The lowest BCUT2D eigenvalue weighted by atomic mass is 9.92. The third-order valence-corrected chi connectivity index (χ3v) is 3.75. The van der Waals surface area contributed by atoms with Gasteiger partial charge >= 0.3 is 0 Å². The van der Waals surface area contributed by atoms with Crippen LogP contribution < -0.4 is 16.6 Å². The molecule has 0 unspecified atom stereocenters. The fourth-order valence-electron chi connectivity index (χ4n) is 1.99. The molecule has 1 aliphatic carbocycles. The van der Waals surface area contributed by atoms with Gasteiger partial charge < -0.3 is 10.7 Å². The van der Waals surface area contributed by atoms with E-state index in [0.717, 1.165) is 0 Å². The summed E-state index contributed by atoms with van der Waals surface area (Å²) in [6, 6.07) is 0. The number of hydrogen-bond acceptors (Lipinski definition) is 5. The minimum absolute atomic E-state index is 0.182. The lowest BCUT2D eigenvalue weighted by Crippen LogP contribution is -2.33. The van der Waals surface area contributed by atoms with Gasteiger partial charge in [-0.2, -0.15) is 0 Å². The van der Waals surface area contributed by atoms with Crippen LogP contribution in [0.3, 0.4) is 0 Å². The molecule has 1 fully saturated rings. The largest absolute Gasteiger partial charge is 0.350 e. The summed E-state index contributed by atoms with van der Waals surface area (Å²) < 4.78 is 0. The maximum atomic E-state index is 11.9. The van der Waals surface area contributed by atoms with Crippen molar-refractivity contribution in [2.75, 3.05) is 12.0 Å². The van der Waals surface area contributed by atoms with Crippen molar-refractivity contribution in [2.24, 2.45) is 17.2 Å². The van der Waals surface area contributed by atoms with Gasteiger partial charge in [0.2, 0.25) is 0 Å². The average Bonchev–Trinajstić information content (AvgIpc) is 3.17. The van der Waals surface area contributed by atoms with Crippen LogP contribution in [0.4, 0.5) is 5.82 Å². The van der Waals surface area contributed by atoms with Crippen LogP contribution in [0, 0.1) is 11.3 Å². The molecule has 1 amide bonds. The number of carbonyl (C=O) groups is 1. The molecule has 1 aliphatic rings. The number of carbonyl (C=O) groups excluding carboxylic acids is 1. The van der Waals surface area contributed by atoms with E-state index in [9.17, 15) is 4.79 Å². The summed E-state index contributed by atoms with van der Waals surface area (Å²) in [5, 5.41) is 2.93. The molecule has 0 atom stereocenters. The first-order valence-electron chi connectivity index (χ1n) is 6.14. The molecule has 98 valence electrons. The molecule has 1 aromatic rings. The van der Waals surface area contributed by atoms with Crippen LogP contribution in [0.5, 0.6) is 0 Å². The molecule has 0 bridgehead atoms. The van der Waals surface area contributed by atoms with E-state index in [0.29, 0.717) is 29.4 Å². The highest BCUT2D eigenvalue weighted by Gasteiger charge is 2.45. The number of hydrazine groups is 1. The Morgan fingerprint density at radius 3 is 2.61 bits per heavy atom. The zero-order valence-corrected chi connectivity index (χ0v) is 10.7. The number of nitrogens with one attached hydrogen (secondary N) is 2. The number of rotatable bonds is 5. The van der Waals surface area contributed by atoms with Crippen molar-refractivity contribution in [1.29, 1.82) is 0 Å². The van der Waals surface area contributed by atoms with E-state index in [1.807, 2.05) is 0 Å². The summed E-state index contributed by atoms with van der Waals surface area (Å²) in [7, 11) is 0. The van der Waals surface area contributed by atoms with E-state index in [2.05, 4.69) is 34.6 Å². The highest BCUT2D eigenvalue weighted by atomic mass is 16.1. The third kappa shape index (κ3) is 2.59. The van der Waals surface area contributed by atoms with E-state index < -0.39 is 0 Å². The molecule has 2 rings (SSSR count). The molecule has 18 heavy (non-hydrogen) atoms. The standard InChI is InChI=1S/C12H19N5O/c1-8(2)12(3-4-12)7-16-11(18)9-5-15-10(17-13)6-14-9/h5-6,8H,3-4,7,13H2,1-2H3,(H,15,17)(H,16,18). The van der Waals surface area contributed by atoms with Gasteiger partial charge in [-0.1, -0.05) is 13.8 Å². The molecule has 1 saturated carbocycles. The molecule has 0 radical (unpaired) electrons. The first-order valence-corrected chi connectivity index (χ1v) is 6.14. The van der Waals surface area contributed by atoms with Crippen LogP contribution in [0.25, 0.3) is 0 Å². The molecule has 1 heterocycles. The fraction of sp³-hybridized carbons (Fsp3) is 0.583. The molecule has 0 saturated heterocycles. The molecule has 4 N–H and O–H groups in total. The Bertz CT molecular complexity index is 425. The molecular weight excluding hydrogens is 230 g/mol. The average molecular weight is 249 g/mol. The second kappa shape index (κ2) is 4.89. The van der Waals surface area contributed by atoms with Gasteiger partial charge in [0, 0.05) is 6.54 Å². The minimum Gasteiger partial charge on any atom is -0.350 e. The quantitative estimate of drug-likeness (QED) is 0.533. The second-order valence-electron chi connectivity index (χ2n) is 5.13. The number of nitrogen functional groups attached to an aromatic ring is 1. The van der Waals surface area contributed by atoms with Crippen molar-refractivity contribution >= 4 is 11.7 Å². The summed E-state index contributed by atoms with van der Waals surface area (Å²) in [4.78, 5) is 19.8. The van der Waals surface area contributed by atoms with Gasteiger partial charge in [-0.25, -0.2) is 15.8 Å². The van der Waals surface area contributed by atoms with Crippen LogP contribution in [-0.2, 0) is 0 Å². The van der Waals surface area contributed by atoms with Crippen LogP contribution in [0.2, 0.25) is 0 Å². The Hall–Kier alpha value is -1.69. The topological polar surface area (TPSA) is 92.9 Å². The third-order valence-electron chi connectivity index (χ3n) is 3.75. The zero-order chi connectivity index (χ0) is 13.2. The van der Waals surface area contributed by atoms with E-state index in [1.165, 1.54) is 25.2 Å². The van der Waals surface area contributed by atoms with Gasteiger partial charge in [0.1, 0.15) is 5.69 Å². The second-order valence-corrected chi connectivity index (χ2v) is 5.13. The van der Waals surface area contributed by atoms with Gasteiger partial charge in [-0.15, -0.1) is 0 Å². The maximum absolute atomic E-state index is 11.9. The van der Waals surface area contributed by atoms with E-state index >= 15 is 0 Å². The SMILES string of the molecule is CC(C)C1(CNC(=O)c2cnc(NN)cn2)CC1. The number of nitrogens with zero attached hydrogens (tertiary/aromatic N) is 2. The van der Waals surface area contributed by atoms with Crippen LogP contribution >= 0.6 is 0 Å². The van der Waals surface area contributed by atoms with Crippen LogP contribution in [0.1, 0.15) is 37.2 Å². The van der Waals surface area contributed by atoms with Crippen molar-refractivity contribution in [1.82, 2.24) is 15.3 Å². The van der Waals surface area contributed by atoms with Crippen molar-refractivity contribution < 1.29 is 4.79 Å². The summed E-state index contributed by atoms with van der Waals surface area (Å²) in [5.41, 5.74) is 2.98. The van der Waals surface area contributed by atoms with Crippen molar-refractivity contribution in [3.63, 3.8) is 0 Å². The molecule has 1 aromatic heterocycles. The summed E-state index contributed by atoms with van der Waals surface area (Å²) in [5.74, 6) is 6.03. The monoisotopic (exact) mass is 249 g/mol. The van der Waals surface area contributed by atoms with E-state index in [1.54, 1.807) is 0 Å². The number of amides is 1. The highest BCUT2D eigenvalue weighted by Crippen LogP contribution is 2.51. The van der Waals surface area contributed by atoms with Gasteiger partial charge in [-0.3, -0.25) is 4.79 Å². The first kappa shape index (κ1) is 12.8. The predicted octanol–water partition coefficient (Wildman–Crippen LogP) is 0.928. The molecule has 6 heteroatoms. The van der Waals surface area contributed by atoms with Gasteiger partial charge in [-0.05, 0) is 24.2 Å². The fourth-order valence-corrected chi connectivity index (χ4v) is 1.99. The number of nitrogens with two attached hydrogens (primary N) is 1. The van der Waals surface area contributed by atoms with E-state index in [4.69, 9.17) is 5.84 Å². The van der Waals surface area contributed by atoms with Crippen LogP contribution in [-0.4, -0.2) is 22.4 Å². The molecular formula is C12H19N5O. The number of aromatic nitrogens is 2. The molecule has 0 aliphatic heterocycles. The van der Waals surface area contributed by atoms with Gasteiger partial charge in [0.05, 0.1) is 12.4 Å². The smallest absolute Gasteiger partial charge is 0.271 e. The summed E-state index contributed by atoms with van der Waals surface area (Å²) >= 11 is 0. The van der Waals surface area contributed by atoms with Crippen molar-refractivity contribution in [3.05, 3.63) is 18.1 Å².